The summed E-state index contributed by atoms with van der Waals surface area (Å²) in [5.41, 5.74) is 0.244. The summed E-state index contributed by atoms with van der Waals surface area (Å²) in [5, 5.41) is 3.52. The predicted octanol–water partition coefficient (Wildman–Crippen LogP) is 3.68. The first-order valence-corrected chi connectivity index (χ1v) is 8.32. The maximum atomic E-state index is 5.75. The summed E-state index contributed by atoms with van der Waals surface area (Å²) in [6, 6.07) is 1.20. The second-order valence-electron chi connectivity index (χ2n) is 7.28. The normalized spacial score (nSPS) is 12.9. The van der Waals surface area contributed by atoms with Crippen LogP contribution in [0.25, 0.3) is 0 Å². The smallest absolute Gasteiger partial charge is 0.0593 e. The van der Waals surface area contributed by atoms with Crippen molar-refractivity contribution < 1.29 is 4.74 Å². The lowest BCUT2D eigenvalue weighted by Gasteiger charge is -2.30. The maximum absolute atomic E-state index is 5.75. The quantitative estimate of drug-likeness (QED) is 0.586. The van der Waals surface area contributed by atoms with Crippen molar-refractivity contribution in [1.82, 2.24) is 10.2 Å². The number of nitrogens with zero attached hydrogens (tertiary/aromatic N) is 1. The van der Waals surface area contributed by atoms with Crippen LogP contribution >= 0.6 is 0 Å². The third-order valence-electron chi connectivity index (χ3n) is 3.44. The van der Waals surface area contributed by atoms with Crippen molar-refractivity contribution in [1.29, 1.82) is 0 Å². The molecular weight excluding hydrogens is 248 g/mol. The highest BCUT2D eigenvalue weighted by atomic mass is 16.5. The Hall–Kier alpha value is -0.120. The fraction of sp³-hybridized carbons (Fsp3) is 1.00. The number of hydrogen-bond donors (Lipinski definition) is 1. The van der Waals surface area contributed by atoms with Gasteiger partial charge in [-0.3, -0.25) is 4.90 Å². The number of unbranched alkanes of at least 4 members (excludes halogenated alkanes) is 2. The van der Waals surface area contributed by atoms with Gasteiger partial charge in [0.2, 0.25) is 0 Å². The molecule has 0 heterocycles. The van der Waals surface area contributed by atoms with E-state index in [0.29, 0.717) is 12.1 Å². The molecule has 0 unspecified atom stereocenters. The van der Waals surface area contributed by atoms with Gasteiger partial charge >= 0.3 is 0 Å². The highest BCUT2D eigenvalue weighted by Crippen LogP contribution is 2.04. The van der Waals surface area contributed by atoms with E-state index >= 15 is 0 Å². The first kappa shape index (κ1) is 19.9. The Labute approximate surface area is 127 Å². The average Bonchev–Trinajstić information content (AvgIpc) is 2.29. The van der Waals surface area contributed by atoms with Crippen molar-refractivity contribution in [3.05, 3.63) is 0 Å². The van der Waals surface area contributed by atoms with E-state index in [1.807, 2.05) is 0 Å². The van der Waals surface area contributed by atoms with Gasteiger partial charge in [0.05, 0.1) is 6.61 Å². The van der Waals surface area contributed by atoms with E-state index in [-0.39, 0.29) is 5.54 Å². The molecule has 0 amide bonds. The first-order valence-electron chi connectivity index (χ1n) is 8.32. The van der Waals surface area contributed by atoms with E-state index in [4.69, 9.17) is 4.74 Å². The van der Waals surface area contributed by atoms with Gasteiger partial charge in [0.1, 0.15) is 0 Å². The molecule has 0 aliphatic rings. The van der Waals surface area contributed by atoms with Crippen LogP contribution in [0.5, 0.6) is 0 Å². The Morgan fingerprint density at radius 3 is 2.00 bits per heavy atom. The second-order valence-corrected chi connectivity index (χ2v) is 7.28. The van der Waals surface area contributed by atoms with E-state index in [2.05, 4.69) is 58.7 Å². The van der Waals surface area contributed by atoms with E-state index in [9.17, 15) is 0 Å². The highest BCUT2D eigenvalue weighted by Gasteiger charge is 2.12. The molecule has 0 aliphatic heterocycles. The molecule has 0 radical (unpaired) electrons. The molecular formula is C17H38N2O. The van der Waals surface area contributed by atoms with E-state index in [0.717, 1.165) is 26.3 Å². The van der Waals surface area contributed by atoms with Crippen LogP contribution in [0.15, 0.2) is 0 Å². The van der Waals surface area contributed by atoms with Crippen molar-refractivity contribution in [3.8, 4) is 0 Å². The Balaban J connectivity index is 3.40. The van der Waals surface area contributed by atoms with Gasteiger partial charge in [0, 0.05) is 30.8 Å². The zero-order valence-electron chi connectivity index (χ0n) is 15.0. The van der Waals surface area contributed by atoms with Gasteiger partial charge in [-0.05, 0) is 74.3 Å². The van der Waals surface area contributed by atoms with Crippen LogP contribution in [0.4, 0.5) is 0 Å². The molecule has 1 N–H and O–H groups in total. The van der Waals surface area contributed by atoms with Crippen molar-refractivity contribution >= 4 is 0 Å². The largest absolute Gasteiger partial charge is 0.380 e. The van der Waals surface area contributed by atoms with Crippen molar-refractivity contribution in [2.45, 2.75) is 85.4 Å². The molecule has 0 aromatic heterocycles. The van der Waals surface area contributed by atoms with Gasteiger partial charge in [-0.25, -0.2) is 0 Å². The summed E-state index contributed by atoms with van der Waals surface area (Å²) in [4.78, 5) is 2.48. The Bertz CT molecular complexity index is 214. The van der Waals surface area contributed by atoms with Gasteiger partial charge in [0.25, 0.3) is 0 Å². The summed E-state index contributed by atoms with van der Waals surface area (Å²) in [5.74, 6) is 0. The zero-order valence-corrected chi connectivity index (χ0v) is 15.0. The van der Waals surface area contributed by atoms with Crippen LogP contribution in [0, 0.1) is 0 Å². The Kier molecular flexibility index (Phi) is 10.5. The molecule has 0 aromatic rings. The molecule has 0 saturated heterocycles. The molecule has 0 rings (SSSR count). The van der Waals surface area contributed by atoms with Crippen LogP contribution in [0.1, 0.15) is 67.7 Å². The average molecular weight is 287 g/mol. The second kappa shape index (κ2) is 10.6. The Morgan fingerprint density at radius 1 is 0.900 bits per heavy atom. The molecule has 0 saturated carbocycles. The predicted molar refractivity (Wildman–Crippen MR) is 89.4 cm³/mol. The third-order valence-corrected chi connectivity index (χ3v) is 3.44. The fourth-order valence-electron chi connectivity index (χ4n) is 2.35. The third kappa shape index (κ3) is 11.7. The lowest BCUT2D eigenvalue weighted by atomic mass is 10.1. The molecule has 0 bridgehead atoms. The van der Waals surface area contributed by atoms with E-state index in [1.54, 1.807) is 0 Å². The van der Waals surface area contributed by atoms with Crippen molar-refractivity contribution in [3.63, 3.8) is 0 Å². The minimum atomic E-state index is 0.244. The molecule has 3 nitrogen and oxygen atoms in total. The minimum Gasteiger partial charge on any atom is -0.380 e. The van der Waals surface area contributed by atoms with Gasteiger partial charge in [-0.15, -0.1) is 0 Å². The summed E-state index contributed by atoms with van der Waals surface area (Å²) < 4.78 is 5.75. The molecule has 3 heteroatoms. The van der Waals surface area contributed by atoms with Gasteiger partial charge in [-0.1, -0.05) is 0 Å². The number of nitrogens with one attached hydrogen (secondary N) is 1. The highest BCUT2D eigenvalue weighted by molar-refractivity contribution is 4.69. The summed E-state index contributed by atoms with van der Waals surface area (Å²) in [6.45, 7) is 19.6. The van der Waals surface area contributed by atoms with Gasteiger partial charge in [-0.2, -0.15) is 0 Å². The summed E-state index contributed by atoms with van der Waals surface area (Å²) in [6.07, 6.45) is 3.67. The van der Waals surface area contributed by atoms with E-state index < -0.39 is 0 Å². The molecule has 20 heavy (non-hydrogen) atoms. The van der Waals surface area contributed by atoms with Gasteiger partial charge < -0.3 is 10.1 Å². The molecule has 0 spiro atoms. The maximum Gasteiger partial charge on any atom is 0.0593 e. The van der Waals surface area contributed by atoms with E-state index in [1.165, 1.54) is 19.3 Å². The van der Waals surface area contributed by atoms with Crippen LogP contribution in [0.2, 0.25) is 0 Å². The topological polar surface area (TPSA) is 24.5 Å². The Morgan fingerprint density at radius 2 is 1.50 bits per heavy atom. The SMILES string of the molecule is CC(C)N(CCOCCCCCNC(C)(C)C)C(C)C. The fourth-order valence-corrected chi connectivity index (χ4v) is 2.35. The van der Waals surface area contributed by atoms with Crippen molar-refractivity contribution in [2.24, 2.45) is 0 Å². The lowest BCUT2D eigenvalue weighted by Crippen LogP contribution is -2.39. The summed E-state index contributed by atoms with van der Waals surface area (Å²) in [7, 11) is 0. The van der Waals surface area contributed by atoms with Crippen molar-refractivity contribution in [2.75, 3.05) is 26.3 Å². The number of ether oxygens (including phenoxy) is 1. The van der Waals surface area contributed by atoms with Crippen LogP contribution in [-0.2, 0) is 4.74 Å². The molecule has 0 aliphatic carbocycles. The van der Waals surface area contributed by atoms with Gasteiger partial charge in [0.15, 0.2) is 0 Å². The standard InChI is InChI=1S/C17H38N2O/c1-15(2)19(16(3)4)12-14-20-13-10-8-9-11-18-17(5,6)7/h15-16,18H,8-14H2,1-7H3. The molecule has 0 fully saturated rings. The molecule has 122 valence electrons. The van der Waals surface area contributed by atoms with Crippen LogP contribution in [0.3, 0.4) is 0 Å². The molecule has 0 aromatic carbocycles. The lowest BCUT2D eigenvalue weighted by molar-refractivity contribution is 0.0764. The first-order chi connectivity index (χ1) is 9.24. The molecule has 0 atom stereocenters. The number of hydrogen-bond acceptors (Lipinski definition) is 3. The van der Waals surface area contributed by atoms with Crippen LogP contribution in [-0.4, -0.2) is 48.8 Å². The summed E-state index contributed by atoms with van der Waals surface area (Å²) >= 11 is 0. The minimum absolute atomic E-state index is 0.244. The zero-order chi connectivity index (χ0) is 15.6. The monoisotopic (exact) mass is 286 g/mol. The number of rotatable bonds is 11. The van der Waals surface area contributed by atoms with Crippen LogP contribution < -0.4 is 5.32 Å².